The van der Waals surface area contributed by atoms with Gasteiger partial charge in [-0.05, 0) is 42.2 Å². The fraction of sp³-hybridized carbons (Fsp3) is 0.409. The first-order chi connectivity index (χ1) is 14.0. The van der Waals surface area contributed by atoms with E-state index in [1.54, 1.807) is 17.0 Å². The Hall–Kier alpha value is -2.38. The van der Waals surface area contributed by atoms with Crippen molar-refractivity contribution in [3.63, 3.8) is 0 Å². The van der Waals surface area contributed by atoms with Crippen LogP contribution in [0.5, 0.6) is 5.75 Å². The number of piperazine rings is 1. The van der Waals surface area contributed by atoms with Crippen LogP contribution in [0, 0.1) is 0 Å². The van der Waals surface area contributed by atoms with Crippen LogP contribution in [-0.4, -0.2) is 56.3 Å². The second-order valence-corrected chi connectivity index (χ2v) is 8.97. The normalized spacial score (nSPS) is 15.3. The number of hydrogen-bond donors (Lipinski definition) is 0. The first-order valence-electron chi connectivity index (χ1n) is 10.0. The Morgan fingerprint density at radius 2 is 1.59 bits per heavy atom. The van der Waals surface area contributed by atoms with E-state index in [1.165, 1.54) is 4.31 Å². The number of carbonyl (C=O) groups excluding carboxylic acids is 1. The molecule has 1 aliphatic heterocycles. The van der Waals surface area contributed by atoms with E-state index in [-0.39, 0.29) is 25.6 Å². The van der Waals surface area contributed by atoms with Gasteiger partial charge in [0, 0.05) is 26.2 Å². The summed E-state index contributed by atoms with van der Waals surface area (Å²) in [6.45, 7) is 5.34. The van der Waals surface area contributed by atoms with E-state index in [0.717, 1.165) is 29.7 Å². The van der Waals surface area contributed by atoms with E-state index < -0.39 is 10.0 Å². The fourth-order valence-corrected chi connectivity index (χ4v) is 4.81. The van der Waals surface area contributed by atoms with Crippen molar-refractivity contribution >= 4 is 15.9 Å². The van der Waals surface area contributed by atoms with Crippen LogP contribution >= 0.6 is 0 Å². The number of rotatable bonds is 7. The quantitative estimate of drug-likeness (QED) is 0.696. The molecule has 0 spiro atoms. The summed E-state index contributed by atoms with van der Waals surface area (Å²) in [5.74, 6) is 0.598. The van der Waals surface area contributed by atoms with Gasteiger partial charge < -0.3 is 9.64 Å². The predicted octanol–water partition coefficient (Wildman–Crippen LogP) is 2.72. The molecular formula is C22H28N2O4S. The zero-order chi connectivity index (χ0) is 20.9. The largest absolute Gasteiger partial charge is 0.483 e. The number of sulfonamides is 1. The molecule has 1 aliphatic rings. The number of benzene rings is 2. The Morgan fingerprint density at radius 3 is 2.21 bits per heavy atom. The van der Waals surface area contributed by atoms with Gasteiger partial charge in [0.1, 0.15) is 5.75 Å². The Kier molecular flexibility index (Phi) is 6.92. The van der Waals surface area contributed by atoms with Crippen LogP contribution in [0.1, 0.15) is 25.0 Å². The molecule has 1 fully saturated rings. The minimum atomic E-state index is -3.54. The lowest BCUT2D eigenvalue weighted by molar-refractivity contribution is -0.134. The van der Waals surface area contributed by atoms with Crippen molar-refractivity contribution in [2.45, 2.75) is 31.6 Å². The summed E-state index contributed by atoms with van der Waals surface area (Å²) in [6, 6.07) is 14.7. The number of carbonyl (C=O) groups is 1. The van der Waals surface area contributed by atoms with Crippen LogP contribution < -0.4 is 4.74 Å². The van der Waals surface area contributed by atoms with E-state index in [9.17, 15) is 13.2 Å². The minimum absolute atomic E-state index is 0.0394. The third-order valence-corrected chi connectivity index (χ3v) is 7.18. The summed E-state index contributed by atoms with van der Waals surface area (Å²) in [4.78, 5) is 14.5. The van der Waals surface area contributed by atoms with Gasteiger partial charge in [-0.25, -0.2) is 8.42 Å². The molecule has 0 unspecified atom stereocenters. The number of ether oxygens (including phenoxy) is 1. The van der Waals surface area contributed by atoms with Gasteiger partial charge in [-0.3, -0.25) is 4.79 Å². The van der Waals surface area contributed by atoms with Gasteiger partial charge in [0.25, 0.3) is 5.91 Å². The van der Waals surface area contributed by atoms with Gasteiger partial charge in [0.2, 0.25) is 10.0 Å². The maximum atomic E-state index is 12.8. The second-order valence-electron chi connectivity index (χ2n) is 7.03. The molecule has 0 saturated carbocycles. The van der Waals surface area contributed by atoms with Crippen LogP contribution in [-0.2, 0) is 27.7 Å². The minimum Gasteiger partial charge on any atom is -0.483 e. The first-order valence-corrected chi connectivity index (χ1v) is 11.5. The van der Waals surface area contributed by atoms with Crippen molar-refractivity contribution in [2.75, 3.05) is 32.8 Å². The van der Waals surface area contributed by atoms with Crippen molar-refractivity contribution in [3.05, 3.63) is 59.7 Å². The third-order valence-electron chi connectivity index (χ3n) is 5.27. The molecule has 156 valence electrons. The Bertz CT molecular complexity index is 934. The van der Waals surface area contributed by atoms with Gasteiger partial charge in [0.15, 0.2) is 6.61 Å². The molecule has 0 bridgehead atoms. The number of hydrogen-bond acceptors (Lipinski definition) is 4. The highest BCUT2D eigenvalue weighted by Crippen LogP contribution is 2.20. The average molecular weight is 417 g/mol. The zero-order valence-corrected chi connectivity index (χ0v) is 17.8. The Balaban J connectivity index is 1.56. The third kappa shape index (κ3) is 4.97. The molecule has 0 N–H and O–H groups in total. The van der Waals surface area contributed by atoms with Crippen molar-refractivity contribution in [1.29, 1.82) is 0 Å². The van der Waals surface area contributed by atoms with E-state index in [1.807, 2.05) is 50.2 Å². The second kappa shape index (κ2) is 9.41. The maximum Gasteiger partial charge on any atom is 0.260 e. The molecule has 1 saturated heterocycles. The number of nitrogens with zero attached hydrogens (tertiary/aromatic N) is 2. The van der Waals surface area contributed by atoms with Crippen LogP contribution in [0.25, 0.3) is 0 Å². The molecule has 6 nitrogen and oxygen atoms in total. The van der Waals surface area contributed by atoms with E-state index in [0.29, 0.717) is 18.0 Å². The van der Waals surface area contributed by atoms with Crippen LogP contribution in [0.2, 0.25) is 0 Å². The molecule has 2 aromatic carbocycles. The lowest BCUT2D eigenvalue weighted by Crippen LogP contribution is -2.51. The summed E-state index contributed by atoms with van der Waals surface area (Å²) >= 11 is 0. The fourth-order valence-electron chi connectivity index (χ4n) is 3.39. The number of para-hydroxylation sites is 1. The highest BCUT2D eigenvalue weighted by Gasteiger charge is 2.30. The Morgan fingerprint density at radius 1 is 0.931 bits per heavy atom. The van der Waals surface area contributed by atoms with E-state index in [4.69, 9.17) is 4.74 Å². The molecule has 2 aromatic rings. The van der Waals surface area contributed by atoms with Crippen molar-refractivity contribution < 1.29 is 17.9 Å². The van der Waals surface area contributed by atoms with Gasteiger partial charge in [-0.15, -0.1) is 0 Å². The zero-order valence-electron chi connectivity index (χ0n) is 17.0. The standard InChI is InChI=1S/C22H28N2O4S/c1-3-18-9-11-20(12-10-18)29(26,27)24-15-13-23(14-16-24)22(25)17-28-21-8-6-5-7-19(21)4-2/h5-12H,3-4,13-17H2,1-2H3. The molecule has 0 aliphatic carbocycles. The van der Waals surface area contributed by atoms with Crippen LogP contribution in [0.3, 0.4) is 0 Å². The molecule has 29 heavy (non-hydrogen) atoms. The molecule has 7 heteroatoms. The lowest BCUT2D eigenvalue weighted by atomic mass is 10.1. The van der Waals surface area contributed by atoms with Gasteiger partial charge in [-0.2, -0.15) is 4.31 Å². The number of aryl methyl sites for hydroxylation is 2. The molecule has 1 amide bonds. The lowest BCUT2D eigenvalue weighted by Gasteiger charge is -2.34. The van der Waals surface area contributed by atoms with Gasteiger partial charge >= 0.3 is 0 Å². The highest BCUT2D eigenvalue weighted by molar-refractivity contribution is 7.89. The molecular weight excluding hydrogens is 388 g/mol. The van der Waals surface area contributed by atoms with Gasteiger partial charge in [-0.1, -0.05) is 44.2 Å². The van der Waals surface area contributed by atoms with Crippen molar-refractivity contribution in [1.82, 2.24) is 9.21 Å². The SMILES string of the molecule is CCc1ccc(S(=O)(=O)N2CCN(C(=O)COc3ccccc3CC)CC2)cc1. The average Bonchev–Trinajstić information content (AvgIpc) is 2.77. The summed E-state index contributed by atoms with van der Waals surface area (Å²) in [5.41, 5.74) is 2.16. The summed E-state index contributed by atoms with van der Waals surface area (Å²) in [6.07, 6.45) is 1.70. The van der Waals surface area contributed by atoms with Crippen LogP contribution in [0.15, 0.2) is 53.4 Å². The molecule has 0 radical (unpaired) electrons. The summed E-state index contributed by atoms with van der Waals surface area (Å²) < 4.78 is 32.8. The van der Waals surface area contributed by atoms with E-state index in [2.05, 4.69) is 0 Å². The topological polar surface area (TPSA) is 66.9 Å². The van der Waals surface area contributed by atoms with Crippen molar-refractivity contribution in [3.8, 4) is 5.75 Å². The first kappa shape index (κ1) is 21.3. The summed E-state index contributed by atoms with van der Waals surface area (Å²) in [5, 5.41) is 0. The highest BCUT2D eigenvalue weighted by atomic mass is 32.2. The smallest absolute Gasteiger partial charge is 0.260 e. The molecule has 1 heterocycles. The number of amides is 1. The molecule has 0 aromatic heterocycles. The van der Waals surface area contributed by atoms with Gasteiger partial charge in [0.05, 0.1) is 4.90 Å². The monoisotopic (exact) mass is 416 g/mol. The molecule has 0 atom stereocenters. The predicted molar refractivity (Wildman–Crippen MR) is 112 cm³/mol. The van der Waals surface area contributed by atoms with E-state index >= 15 is 0 Å². The van der Waals surface area contributed by atoms with Crippen molar-refractivity contribution in [2.24, 2.45) is 0 Å². The molecule has 3 rings (SSSR count). The maximum absolute atomic E-state index is 12.8. The summed E-state index contributed by atoms with van der Waals surface area (Å²) in [7, 11) is -3.54. The van der Waals surface area contributed by atoms with Crippen LogP contribution in [0.4, 0.5) is 0 Å². The Labute approximate surface area is 173 Å².